The summed E-state index contributed by atoms with van der Waals surface area (Å²) in [5.41, 5.74) is 1.34. The van der Waals surface area contributed by atoms with E-state index in [9.17, 15) is 9.59 Å². The van der Waals surface area contributed by atoms with Crippen LogP contribution >= 0.6 is 0 Å². The molecule has 23 heavy (non-hydrogen) atoms. The molecule has 1 aromatic rings. The first-order valence-corrected chi connectivity index (χ1v) is 8.33. The number of rotatable bonds is 3. The molecule has 2 heterocycles. The van der Waals surface area contributed by atoms with Gasteiger partial charge in [-0.2, -0.15) is 0 Å². The van der Waals surface area contributed by atoms with Crippen molar-refractivity contribution in [1.82, 2.24) is 9.80 Å². The van der Waals surface area contributed by atoms with Gasteiger partial charge in [-0.05, 0) is 30.7 Å². The third-order valence-corrected chi connectivity index (χ3v) is 4.89. The third-order valence-electron chi connectivity index (χ3n) is 4.89. The van der Waals surface area contributed by atoms with Gasteiger partial charge in [-0.3, -0.25) is 4.79 Å². The summed E-state index contributed by atoms with van der Waals surface area (Å²) in [6.45, 7) is 2.98. The maximum Gasteiger partial charge on any atom is 0.320 e. The Morgan fingerprint density at radius 3 is 2.35 bits per heavy atom. The summed E-state index contributed by atoms with van der Waals surface area (Å²) in [7, 11) is 1.42. The van der Waals surface area contributed by atoms with Crippen molar-refractivity contribution in [1.29, 1.82) is 0 Å². The smallest absolute Gasteiger partial charge is 0.320 e. The molecule has 2 saturated heterocycles. The molecule has 2 aliphatic rings. The molecule has 0 unspecified atom stereocenters. The Balaban J connectivity index is 1.42. The maximum absolute atomic E-state index is 12.5. The average molecular weight is 316 g/mol. The third kappa shape index (κ3) is 3.66. The standard InChI is InChI=1S/C18H24N2O3/c1-23-17(21)16-7-9-19(10-8-16)18(22)20-12-15(13-20)11-14-5-3-2-4-6-14/h2-6,15-16H,7-13H2,1H3. The molecule has 0 aliphatic carbocycles. The van der Waals surface area contributed by atoms with Crippen molar-refractivity contribution in [3.05, 3.63) is 35.9 Å². The number of amides is 2. The normalized spacial score (nSPS) is 19.3. The topological polar surface area (TPSA) is 49.9 Å². The van der Waals surface area contributed by atoms with Gasteiger partial charge in [0.15, 0.2) is 0 Å². The summed E-state index contributed by atoms with van der Waals surface area (Å²) < 4.78 is 4.78. The number of benzene rings is 1. The zero-order valence-electron chi connectivity index (χ0n) is 13.6. The first-order valence-electron chi connectivity index (χ1n) is 8.33. The van der Waals surface area contributed by atoms with Crippen LogP contribution in [0.2, 0.25) is 0 Å². The molecule has 1 aromatic carbocycles. The molecular formula is C18H24N2O3. The molecule has 0 spiro atoms. The van der Waals surface area contributed by atoms with Gasteiger partial charge in [0.25, 0.3) is 0 Å². The predicted octanol–water partition coefficient (Wildman–Crippen LogP) is 2.17. The first-order chi connectivity index (χ1) is 11.2. The molecule has 0 radical (unpaired) electrons. The van der Waals surface area contributed by atoms with E-state index in [-0.39, 0.29) is 17.9 Å². The molecule has 0 aromatic heterocycles. The zero-order valence-corrected chi connectivity index (χ0v) is 13.6. The maximum atomic E-state index is 12.5. The van der Waals surface area contributed by atoms with Crippen LogP contribution in [0.15, 0.2) is 30.3 Å². The highest BCUT2D eigenvalue weighted by Crippen LogP contribution is 2.24. The van der Waals surface area contributed by atoms with Crippen LogP contribution in [0.5, 0.6) is 0 Å². The highest BCUT2D eigenvalue weighted by atomic mass is 16.5. The summed E-state index contributed by atoms with van der Waals surface area (Å²) in [6.07, 6.45) is 2.45. The van der Waals surface area contributed by atoms with Crippen LogP contribution in [0.25, 0.3) is 0 Å². The zero-order chi connectivity index (χ0) is 16.2. The molecule has 2 fully saturated rings. The predicted molar refractivity (Wildman–Crippen MR) is 86.9 cm³/mol. The quantitative estimate of drug-likeness (QED) is 0.803. The van der Waals surface area contributed by atoms with Gasteiger partial charge in [0, 0.05) is 26.2 Å². The Hall–Kier alpha value is -2.04. The fourth-order valence-electron chi connectivity index (χ4n) is 3.48. The van der Waals surface area contributed by atoms with Crippen molar-refractivity contribution < 1.29 is 14.3 Å². The van der Waals surface area contributed by atoms with Gasteiger partial charge in [0.2, 0.25) is 0 Å². The van der Waals surface area contributed by atoms with Crippen LogP contribution in [-0.2, 0) is 16.0 Å². The minimum absolute atomic E-state index is 0.0498. The number of piperidine rings is 1. The number of hydrogen-bond acceptors (Lipinski definition) is 3. The molecule has 5 nitrogen and oxygen atoms in total. The van der Waals surface area contributed by atoms with Gasteiger partial charge < -0.3 is 14.5 Å². The number of nitrogens with zero attached hydrogens (tertiary/aromatic N) is 2. The summed E-state index contributed by atoms with van der Waals surface area (Å²) in [5, 5.41) is 0. The Morgan fingerprint density at radius 2 is 1.74 bits per heavy atom. The van der Waals surface area contributed by atoms with Crippen molar-refractivity contribution in [3.63, 3.8) is 0 Å². The highest BCUT2D eigenvalue weighted by Gasteiger charge is 2.35. The second-order valence-corrected chi connectivity index (χ2v) is 6.53. The molecular weight excluding hydrogens is 292 g/mol. The number of carbonyl (C=O) groups is 2. The van der Waals surface area contributed by atoms with Gasteiger partial charge in [-0.1, -0.05) is 30.3 Å². The van der Waals surface area contributed by atoms with E-state index in [2.05, 4.69) is 24.3 Å². The molecule has 124 valence electrons. The van der Waals surface area contributed by atoms with E-state index in [1.54, 1.807) is 0 Å². The van der Waals surface area contributed by atoms with Gasteiger partial charge in [-0.15, -0.1) is 0 Å². The first kappa shape index (κ1) is 15.8. The SMILES string of the molecule is COC(=O)C1CCN(C(=O)N2CC(Cc3ccccc3)C2)CC1. The number of hydrogen-bond donors (Lipinski definition) is 0. The van der Waals surface area contributed by atoms with E-state index < -0.39 is 0 Å². The van der Waals surface area contributed by atoms with Gasteiger partial charge in [-0.25, -0.2) is 4.79 Å². The van der Waals surface area contributed by atoms with Gasteiger partial charge in [0.1, 0.15) is 0 Å². The number of esters is 1. The van der Waals surface area contributed by atoms with Crippen LogP contribution in [0.3, 0.4) is 0 Å². The number of likely N-dealkylation sites (tertiary alicyclic amines) is 2. The summed E-state index contributed by atoms with van der Waals surface area (Å²) in [6, 6.07) is 10.5. The van der Waals surface area contributed by atoms with Crippen LogP contribution in [0.4, 0.5) is 4.79 Å². The highest BCUT2D eigenvalue weighted by molar-refractivity contribution is 5.76. The molecule has 0 bridgehead atoms. The molecule has 0 N–H and O–H groups in total. The lowest BCUT2D eigenvalue weighted by Crippen LogP contribution is -2.56. The minimum atomic E-state index is -0.149. The molecule has 5 heteroatoms. The fraction of sp³-hybridized carbons (Fsp3) is 0.556. The lowest BCUT2D eigenvalue weighted by molar-refractivity contribution is -0.146. The Kier molecular flexibility index (Phi) is 4.84. The minimum Gasteiger partial charge on any atom is -0.469 e. The fourth-order valence-corrected chi connectivity index (χ4v) is 3.48. The largest absolute Gasteiger partial charge is 0.469 e. The number of carbonyl (C=O) groups excluding carboxylic acids is 2. The van der Waals surface area contributed by atoms with Crippen LogP contribution in [0, 0.1) is 11.8 Å². The van der Waals surface area contributed by atoms with Crippen molar-refractivity contribution in [2.24, 2.45) is 11.8 Å². The Bertz CT molecular complexity index is 547. The molecule has 2 aliphatic heterocycles. The average Bonchev–Trinajstić information content (AvgIpc) is 2.57. The van der Waals surface area contributed by atoms with Gasteiger partial charge >= 0.3 is 12.0 Å². The molecule has 0 saturated carbocycles. The second-order valence-electron chi connectivity index (χ2n) is 6.53. The van der Waals surface area contributed by atoms with E-state index in [0.717, 1.165) is 19.5 Å². The Labute approximate surface area is 137 Å². The van der Waals surface area contributed by atoms with E-state index in [1.807, 2.05) is 15.9 Å². The van der Waals surface area contributed by atoms with Crippen molar-refractivity contribution in [3.8, 4) is 0 Å². The van der Waals surface area contributed by atoms with E-state index in [1.165, 1.54) is 12.7 Å². The molecule has 3 rings (SSSR count). The van der Waals surface area contributed by atoms with E-state index in [0.29, 0.717) is 31.8 Å². The molecule has 0 atom stereocenters. The van der Waals surface area contributed by atoms with Crippen LogP contribution in [-0.4, -0.2) is 55.1 Å². The lowest BCUT2D eigenvalue weighted by atomic mass is 9.92. The van der Waals surface area contributed by atoms with Crippen molar-refractivity contribution in [2.75, 3.05) is 33.3 Å². The summed E-state index contributed by atoms with van der Waals surface area (Å²) in [4.78, 5) is 27.8. The van der Waals surface area contributed by atoms with Crippen LogP contribution < -0.4 is 0 Å². The summed E-state index contributed by atoms with van der Waals surface area (Å²) in [5.74, 6) is 0.365. The monoisotopic (exact) mass is 316 g/mol. The lowest BCUT2D eigenvalue weighted by Gasteiger charge is -2.43. The van der Waals surface area contributed by atoms with E-state index >= 15 is 0 Å². The van der Waals surface area contributed by atoms with E-state index in [4.69, 9.17) is 4.74 Å². The molecule has 2 amide bonds. The number of urea groups is 1. The van der Waals surface area contributed by atoms with Crippen molar-refractivity contribution >= 4 is 12.0 Å². The summed E-state index contributed by atoms with van der Waals surface area (Å²) >= 11 is 0. The van der Waals surface area contributed by atoms with Gasteiger partial charge in [0.05, 0.1) is 13.0 Å². The second kappa shape index (κ2) is 7.02. The number of methoxy groups -OCH3 is 1. The van der Waals surface area contributed by atoms with Crippen LogP contribution in [0.1, 0.15) is 18.4 Å². The van der Waals surface area contributed by atoms with Crippen molar-refractivity contribution in [2.45, 2.75) is 19.3 Å². The Morgan fingerprint density at radius 1 is 1.09 bits per heavy atom. The number of ether oxygens (including phenoxy) is 1.